The summed E-state index contributed by atoms with van der Waals surface area (Å²) in [6, 6.07) is 15.1. The average molecular weight is 408 g/mol. The number of nitriles is 1. The van der Waals surface area contributed by atoms with Crippen LogP contribution in [0.4, 0.5) is 10.2 Å². The third-order valence-electron chi connectivity index (χ3n) is 4.13. The summed E-state index contributed by atoms with van der Waals surface area (Å²) in [5.41, 5.74) is 8.92. The highest BCUT2D eigenvalue weighted by molar-refractivity contribution is 7.98. The minimum absolute atomic E-state index is 0.114. The summed E-state index contributed by atoms with van der Waals surface area (Å²) in [7, 11) is 1.34. The van der Waals surface area contributed by atoms with Crippen molar-refractivity contribution in [2.24, 2.45) is 0 Å². The van der Waals surface area contributed by atoms with Crippen LogP contribution < -0.4 is 5.73 Å². The molecule has 6 nitrogen and oxygen atoms in total. The minimum atomic E-state index is -0.391. The number of benzene rings is 2. The van der Waals surface area contributed by atoms with Crippen molar-refractivity contribution in [3.63, 3.8) is 0 Å². The lowest BCUT2D eigenvalue weighted by Crippen LogP contribution is -2.06. The van der Waals surface area contributed by atoms with E-state index in [0.29, 0.717) is 28.6 Å². The molecule has 0 spiro atoms. The fourth-order valence-corrected chi connectivity index (χ4v) is 3.44. The molecule has 0 radical (unpaired) electrons. The first kappa shape index (κ1) is 20.3. The van der Waals surface area contributed by atoms with Gasteiger partial charge in [0, 0.05) is 12.2 Å². The maximum absolute atomic E-state index is 13.1. The molecule has 1 heterocycles. The number of hydrogen-bond acceptors (Lipinski definition) is 7. The molecule has 146 valence electrons. The Kier molecular flexibility index (Phi) is 6.42. The van der Waals surface area contributed by atoms with Crippen molar-refractivity contribution >= 4 is 23.5 Å². The molecule has 0 fully saturated rings. The Morgan fingerprint density at radius 3 is 2.41 bits per heavy atom. The molecular formula is C21H17FN4O2S. The van der Waals surface area contributed by atoms with Crippen molar-refractivity contribution < 1.29 is 13.9 Å². The van der Waals surface area contributed by atoms with Gasteiger partial charge in [-0.05, 0) is 35.4 Å². The zero-order chi connectivity index (χ0) is 20.8. The van der Waals surface area contributed by atoms with Gasteiger partial charge in [0.15, 0.2) is 5.16 Å². The molecule has 3 rings (SSSR count). The summed E-state index contributed by atoms with van der Waals surface area (Å²) in [6.45, 7) is 0. The standard InChI is InChI=1S/C21H17FN4O2S/c1-28-20(27)15-6-2-14(3-7-15)12-29-21-25-18(17(11-23)19(24)26-21)10-13-4-8-16(22)9-5-13/h2-9H,10,12H2,1H3,(H2,24,25,26). The molecule has 0 aliphatic carbocycles. The van der Waals surface area contributed by atoms with E-state index in [2.05, 4.69) is 14.7 Å². The first-order valence-corrected chi connectivity index (χ1v) is 9.59. The van der Waals surface area contributed by atoms with Gasteiger partial charge >= 0.3 is 5.97 Å². The second-order valence-corrected chi connectivity index (χ2v) is 7.05. The van der Waals surface area contributed by atoms with Gasteiger partial charge < -0.3 is 10.5 Å². The van der Waals surface area contributed by atoms with Crippen LogP contribution in [0.5, 0.6) is 0 Å². The van der Waals surface area contributed by atoms with E-state index >= 15 is 0 Å². The van der Waals surface area contributed by atoms with Gasteiger partial charge in [0.25, 0.3) is 0 Å². The quantitative estimate of drug-likeness (QED) is 0.376. The normalized spacial score (nSPS) is 10.4. The second-order valence-electron chi connectivity index (χ2n) is 6.11. The van der Waals surface area contributed by atoms with Gasteiger partial charge in [0.2, 0.25) is 0 Å². The summed E-state index contributed by atoms with van der Waals surface area (Å²) in [5, 5.41) is 9.84. The van der Waals surface area contributed by atoms with Crippen LogP contribution >= 0.6 is 11.8 Å². The molecule has 1 aromatic heterocycles. The van der Waals surface area contributed by atoms with Crippen molar-refractivity contribution in [3.05, 3.63) is 82.3 Å². The van der Waals surface area contributed by atoms with Crippen LogP contribution in [0.15, 0.2) is 53.7 Å². The van der Waals surface area contributed by atoms with Gasteiger partial charge in [0.1, 0.15) is 23.3 Å². The highest BCUT2D eigenvalue weighted by Crippen LogP contribution is 2.24. The predicted molar refractivity (Wildman–Crippen MR) is 108 cm³/mol. The number of carbonyl (C=O) groups excluding carboxylic acids is 1. The zero-order valence-corrected chi connectivity index (χ0v) is 16.4. The van der Waals surface area contributed by atoms with E-state index in [1.165, 1.54) is 31.0 Å². The van der Waals surface area contributed by atoms with Crippen molar-refractivity contribution in [1.82, 2.24) is 9.97 Å². The third-order valence-corrected chi connectivity index (χ3v) is 5.05. The van der Waals surface area contributed by atoms with Gasteiger partial charge in [-0.3, -0.25) is 0 Å². The summed E-state index contributed by atoms with van der Waals surface area (Å²) >= 11 is 1.37. The number of ether oxygens (including phenoxy) is 1. The smallest absolute Gasteiger partial charge is 0.337 e. The molecule has 29 heavy (non-hydrogen) atoms. The van der Waals surface area contributed by atoms with E-state index in [0.717, 1.165) is 11.1 Å². The number of thioether (sulfide) groups is 1. The average Bonchev–Trinajstić information content (AvgIpc) is 2.73. The molecule has 0 aliphatic heterocycles. The van der Waals surface area contributed by atoms with Crippen LogP contribution in [0.2, 0.25) is 0 Å². The molecule has 0 aliphatic rings. The Balaban J connectivity index is 1.77. The van der Waals surface area contributed by atoms with Crippen LogP contribution in [-0.2, 0) is 16.9 Å². The molecule has 0 bridgehead atoms. The van der Waals surface area contributed by atoms with Crippen molar-refractivity contribution in [1.29, 1.82) is 5.26 Å². The number of nitrogen functional groups attached to an aromatic ring is 1. The summed E-state index contributed by atoms with van der Waals surface area (Å²) < 4.78 is 17.8. The van der Waals surface area contributed by atoms with E-state index in [1.54, 1.807) is 24.3 Å². The first-order chi connectivity index (χ1) is 14.0. The maximum Gasteiger partial charge on any atom is 0.337 e. The van der Waals surface area contributed by atoms with E-state index in [-0.39, 0.29) is 17.2 Å². The number of carbonyl (C=O) groups is 1. The molecule has 0 amide bonds. The Morgan fingerprint density at radius 2 is 1.79 bits per heavy atom. The van der Waals surface area contributed by atoms with Crippen LogP contribution in [0.3, 0.4) is 0 Å². The molecule has 0 unspecified atom stereocenters. The maximum atomic E-state index is 13.1. The molecular weight excluding hydrogens is 391 g/mol. The number of aromatic nitrogens is 2. The first-order valence-electron chi connectivity index (χ1n) is 8.61. The number of nitrogens with zero attached hydrogens (tertiary/aromatic N) is 3. The predicted octanol–water partition coefficient (Wildman–Crippen LogP) is 3.74. The van der Waals surface area contributed by atoms with Crippen molar-refractivity contribution in [2.45, 2.75) is 17.3 Å². The number of nitrogens with two attached hydrogens (primary N) is 1. The topological polar surface area (TPSA) is 102 Å². The van der Waals surface area contributed by atoms with Crippen molar-refractivity contribution in [2.75, 3.05) is 12.8 Å². The van der Waals surface area contributed by atoms with Gasteiger partial charge in [-0.15, -0.1) is 0 Å². The molecule has 0 atom stereocenters. The van der Waals surface area contributed by atoms with E-state index < -0.39 is 5.97 Å². The Labute approximate surface area is 171 Å². The van der Waals surface area contributed by atoms with Crippen LogP contribution in [0, 0.1) is 17.1 Å². The molecule has 2 aromatic carbocycles. The third kappa shape index (κ3) is 5.09. The Hall–Kier alpha value is -3.44. The number of halogens is 1. The Bertz CT molecular complexity index is 1060. The van der Waals surface area contributed by atoms with Crippen LogP contribution in [0.25, 0.3) is 0 Å². The zero-order valence-electron chi connectivity index (χ0n) is 15.6. The van der Waals surface area contributed by atoms with E-state index in [9.17, 15) is 14.4 Å². The van der Waals surface area contributed by atoms with Gasteiger partial charge in [0.05, 0.1) is 18.4 Å². The van der Waals surface area contributed by atoms with Gasteiger partial charge in [-0.2, -0.15) is 5.26 Å². The monoisotopic (exact) mass is 408 g/mol. The summed E-state index contributed by atoms with van der Waals surface area (Å²) in [5.74, 6) is -0.0464. The molecule has 2 N–H and O–H groups in total. The molecule has 0 saturated carbocycles. The van der Waals surface area contributed by atoms with E-state index in [4.69, 9.17) is 5.73 Å². The fraction of sp³-hybridized carbons (Fsp3) is 0.143. The van der Waals surface area contributed by atoms with Gasteiger partial charge in [-0.25, -0.2) is 19.2 Å². The SMILES string of the molecule is COC(=O)c1ccc(CSc2nc(N)c(C#N)c(Cc3ccc(F)cc3)n2)cc1. The number of anilines is 1. The number of hydrogen-bond donors (Lipinski definition) is 1. The summed E-state index contributed by atoms with van der Waals surface area (Å²) in [6.07, 6.45) is 0.345. The summed E-state index contributed by atoms with van der Waals surface area (Å²) in [4.78, 5) is 20.2. The second kappa shape index (κ2) is 9.17. The molecule has 0 saturated heterocycles. The molecule has 8 heteroatoms. The lowest BCUT2D eigenvalue weighted by molar-refractivity contribution is 0.0600. The highest BCUT2D eigenvalue weighted by Gasteiger charge is 2.14. The lowest BCUT2D eigenvalue weighted by Gasteiger charge is -2.09. The van der Waals surface area contributed by atoms with Crippen LogP contribution in [0.1, 0.15) is 32.7 Å². The number of rotatable bonds is 6. The number of esters is 1. The number of methoxy groups -OCH3 is 1. The molecule has 3 aromatic rings. The minimum Gasteiger partial charge on any atom is -0.465 e. The Morgan fingerprint density at radius 1 is 1.14 bits per heavy atom. The largest absolute Gasteiger partial charge is 0.465 e. The van der Waals surface area contributed by atoms with Gasteiger partial charge in [-0.1, -0.05) is 36.0 Å². The lowest BCUT2D eigenvalue weighted by atomic mass is 10.1. The highest BCUT2D eigenvalue weighted by atomic mass is 32.2. The van der Waals surface area contributed by atoms with Crippen molar-refractivity contribution in [3.8, 4) is 6.07 Å². The van der Waals surface area contributed by atoms with E-state index in [1.807, 2.05) is 18.2 Å². The fourth-order valence-electron chi connectivity index (χ4n) is 2.62. The van der Waals surface area contributed by atoms with Crippen LogP contribution in [-0.4, -0.2) is 23.0 Å².